The van der Waals surface area contributed by atoms with Crippen LogP contribution in [0, 0.1) is 0 Å². The van der Waals surface area contributed by atoms with E-state index in [9.17, 15) is 65.7 Å². The van der Waals surface area contributed by atoms with E-state index in [4.69, 9.17) is 0 Å². The van der Waals surface area contributed by atoms with E-state index in [2.05, 4.69) is 12.1 Å². The largest absolute Gasteiger partial charge is 1.00 e. The van der Waals surface area contributed by atoms with E-state index in [1.165, 1.54) is 17.7 Å². The van der Waals surface area contributed by atoms with E-state index in [1.54, 1.807) is 12.1 Å². The Hall–Kier alpha value is -1.57. The fourth-order valence-corrected chi connectivity index (χ4v) is 6.05. The van der Waals surface area contributed by atoms with E-state index >= 15 is 0 Å². The van der Waals surface area contributed by atoms with Crippen molar-refractivity contribution in [1.29, 1.82) is 0 Å². The zero-order chi connectivity index (χ0) is 40.9. The molecule has 0 radical (unpaired) electrons. The minimum atomic E-state index is -5.41. The Labute approximate surface area is 338 Å². The monoisotopic (exact) mass is 840 g/mol. The van der Waals surface area contributed by atoms with E-state index < -0.39 is 58.2 Å². The van der Waals surface area contributed by atoms with Crippen LogP contribution >= 0.6 is 0 Å². The van der Waals surface area contributed by atoms with Crippen LogP contribution in [-0.4, -0.2) is 61.1 Å². The van der Waals surface area contributed by atoms with Gasteiger partial charge in [-0.1, -0.05) is 120 Å². The number of benzene rings is 2. The second kappa shape index (κ2) is 26.4. The first-order chi connectivity index (χ1) is 25.0. The van der Waals surface area contributed by atoms with E-state index in [1.807, 2.05) is 18.2 Å². The van der Waals surface area contributed by atoms with E-state index in [0.717, 1.165) is 82.6 Å². The molecule has 55 heavy (non-hydrogen) atoms. The van der Waals surface area contributed by atoms with Crippen LogP contribution in [0.15, 0.2) is 59.5 Å². The predicted molar refractivity (Wildman–Crippen MR) is 180 cm³/mol. The van der Waals surface area contributed by atoms with Crippen molar-refractivity contribution >= 4 is 10.1 Å². The third-order valence-corrected chi connectivity index (χ3v) is 9.32. The summed E-state index contributed by atoms with van der Waals surface area (Å²) in [6.07, 6.45) is -8.86. The quantitative estimate of drug-likeness (QED) is 0.0367. The number of hydrogen-bond acceptors (Lipinski definition) is 5. The van der Waals surface area contributed by atoms with Crippen LogP contribution in [0.2, 0.25) is 0 Å². The number of unbranched alkanes of at least 4 members (excludes halogenated alkanes) is 14. The molecule has 0 fully saturated rings. The average molecular weight is 841 g/mol. The van der Waals surface area contributed by atoms with Crippen LogP contribution in [0.4, 0.5) is 52.7 Å². The molecule has 0 heterocycles. The summed E-state index contributed by atoms with van der Waals surface area (Å²) in [6, 6.07) is 15.9. The molecule has 0 aliphatic rings. The normalized spacial score (nSPS) is 12.8. The summed E-state index contributed by atoms with van der Waals surface area (Å²) in [6.45, 7) is -2.11. The third kappa shape index (κ3) is 25.4. The van der Waals surface area contributed by atoms with Gasteiger partial charge in [0.25, 0.3) is 0 Å². The van der Waals surface area contributed by atoms with Gasteiger partial charge in [-0.2, -0.15) is 52.7 Å². The molecule has 0 aromatic heterocycles. The van der Waals surface area contributed by atoms with Gasteiger partial charge < -0.3 is 4.55 Å². The molecule has 0 saturated heterocycles. The Balaban J connectivity index is 0.00000105. The van der Waals surface area contributed by atoms with Gasteiger partial charge in [0, 0.05) is 13.1 Å². The summed E-state index contributed by atoms with van der Waals surface area (Å²) in [5.41, 5.74) is 2.22. The van der Waals surface area contributed by atoms with Gasteiger partial charge in [-0.3, -0.25) is 0 Å². The van der Waals surface area contributed by atoms with Gasteiger partial charge in [0.05, 0.1) is 4.90 Å². The molecule has 312 valence electrons. The van der Waals surface area contributed by atoms with Crippen molar-refractivity contribution in [3.8, 4) is 0 Å². The maximum absolute atomic E-state index is 12.3. The smallest absolute Gasteiger partial charge is 0.744 e. The topological polar surface area (TPSA) is 63.7 Å². The molecule has 2 rings (SSSR count). The molecule has 0 N–H and O–H groups in total. The van der Waals surface area contributed by atoms with Crippen molar-refractivity contribution in [2.24, 2.45) is 0 Å². The van der Waals surface area contributed by atoms with Crippen LogP contribution in [-0.2, 0) is 23.0 Å². The summed E-state index contributed by atoms with van der Waals surface area (Å²) in [5, 5.41) is 0. The minimum Gasteiger partial charge on any atom is -0.744 e. The molecule has 0 saturated carbocycles. The second-order valence-electron chi connectivity index (χ2n) is 12.9. The van der Waals surface area contributed by atoms with Crippen LogP contribution < -0.4 is 29.6 Å². The Morgan fingerprint density at radius 1 is 0.418 bits per heavy atom. The summed E-state index contributed by atoms with van der Waals surface area (Å²) in [5.74, 6) is 0. The maximum Gasteiger partial charge on any atom is 1.00 e. The SMILES string of the molecule is FC(F)(F)N(CCCCCCCCCCc1ccccc1)C(F)(F)F.O=S(=O)([O-])c1ccc(CCCCCCCCCCN(C(F)(F)F)C(F)(F)F)cc1.[Na+]. The second-order valence-corrected chi connectivity index (χ2v) is 14.3. The number of aryl methyl sites for hydroxylation is 2. The minimum absolute atomic E-state index is 0. The maximum atomic E-state index is 12.3. The Morgan fingerprint density at radius 3 is 0.982 bits per heavy atom. The van der Waals surface area contributed by atoms with Crippen molar-refractivity contribution in [2.75, 3.05) is 13.1 Å². The summed E-state index contributed by atoms with van der Waals surface area (Å²) < 4.78 is 180. The summed E-state index contributed by atoms with van der Waals surface area (Å²) in [4.78, 5) is -3.00. The van der Waals surface area contributed by atoms with Crippen LogP contribution in [0.3, 0.4) is 0 Å². The Bertz CT molecular complexity index is 1350. The molecule has 2 aromatic carbocycles. The third-order valence-electron chi connectivity index (χ3n) is 8.47. The van der Waals surface area contributed by atoms with E-state index in [0.29, 0.717) is 25.7 Å². The molecule has 0 spiro atoms. The predicted octanol–water partition coefficient (Wildman–Crippen LogP) is 9.29. The van der Waals surface area contributed by atoms with Gasteiger partial charge in [0.15, 0.2) is 0 Å². The van der Waals surface area contributed by atoms with Crippen LogP contribution in [0.25, 0.3) is 0 Å². The van der Waals surface area contributed by atoms with Crippen LogP contribution in [0.5, 0.6) is 0 Å². The van der Waals surface area contributed by atoms with Gasteiger partial charge in [-0.25, -0.2) is 8.42 Å². The fraction of sp³-hybridized carbons (Fsp3) is 0.667. The molecule has 0 atom stereocenters. The molecule has 2 aromatic rings. The number of alkyl halides is 12. The molecule has 0 aliphatic heterocycles. The first kappa shape index (κ1) is 53.4. The molecular formula is C36H49F12N2NaO3S. The molecule has 19 heteroatoms. The van der Waals surface area contributed by atoms with Crippen molar-refractivity contribution in [3.63, 3.8) is 0 Å². The molecular weight excluding hydrogens is 791 g/mol. The molecule has 0 amide bonds. The summed E-state index contributed by atoms with van der Waals surface area (Å²) >= 11 is 0. The molecule has 0 bridgehead atoms. The van der Waals surface area contributed by atoms with Crippen LogP contribution in [0.1, 0.15) is 114 Å². The fourth-order valence-electron chi connectivity index (χ4n) is 5.58. The zero-order valence-electron chi connectivity index (χ0n) is 30.9. The Kier molecular flexibility index (Phi) is 25.7. The van der Waals surface area contributed by atoms with Crippen molar-refractivity contribution in [2.45, 2.75) is 146 Å². The van der Waals surface area contributed by atoms with Crippen molar-refractivity contribution in [3.05, 3.63) is 65.7 Å². The average Bonchev–Trinajstić information content (AvgIpc) is 3.04. The summed E-state index contributed by atoms with van der Waals surface area (Å²) in [7, 11) is -4.45. The van der Waals surface area contributed by atoms with Crippen molar-refractivity contribution < 1.29 is 95.2 Å². The standard InChI is InChI=1S/C18H25F6NO3S.C18H25F6N.Na/c19-17(20,21)25(18(22,23)24)14-8-6-4-2-1-3-5-7-9-15-10-12-16(13-11-15)29(26,27)28;19-17(20,21)25(18(22,23)24)15-11-6-4-2-1-3-5-8-12-16-13-9-7-10-14-16;/h10-13H,1-9,14H2,(H,26,27,28);7,9-10,13-14H,1-6,8,11-12,15H2;/q;;+1/p-1. The van der Waals surface area contributed by atoms with Crippen molar-refractivity contribution in [1.82, 2.24) is 9.80 Å². The molecule has 0 unspecified atom stereocenters. The number of halogens is 12. The first-order valence-corrected chi connectivity index (χ1v) is 19.3. The zero-order valence-corrected chi connectivity index (χ0v) is 33.7. The van der Waals surface area contributed by atoms with Gasteiger partial charge in [0.2, 0.25) is 0 Å². The van der Waals surface area contributed by atoms with Gasteiger partial charge in [0.1, 0.15) is 10.1 Å². The molecule has 0 aliphatic carbocycles. The first-order valence-electron chi connectivity index (χ1n) is 17.9. The van der Waals surface area contributed by atoms with Gasteiger partial charge in [-0.15, -0.1) is 9.80 Å². The van der Waals surface area contributed by atoms with Gasteiger partial charge in [-0.05, 0) is 61.8 Å². The van der Waals surface area contributed by atoms with Gasteiger partial charge >= 0.3 is 54.8 Å². The Morgan fingerprint density at radius 2 is 0.691 bits per heavy atom. The number of rotatable bonds is 23. The number of hydrogen-bond donors (Lipinski definition) is 0. The number of nitrogens with zero attached hydrogens (tertiary/aromatic N) is 2. The van der Waals surface area contributed by atoms with E-state index in [-0.39, 0.29) is 47.3 Å². The molecule has 5 nitrogen and oxygen atoms in total.